The van der Waals surface area contributed by atoms with Gasteiger partial charge in [0.15, 0.2) is 6.29 Å². The van der Waals surface area contributed by atoms with Crippen LogP contribution in [0.15, 0.2) is 243 Å². The van der Waals surface area contributed by atoms with Gasteiger partial charge in [-0.15, -0.1) is 0 Å². The highest BCUT2D eigenvalue weighted by atomic mass is 28.4. The van der Waals surface area contributed by atoms with Crippen LogP contribution in [0.2, 0.25) is 5.04 Å². The van der Waals surface area contributed by atoms with Crippen LogP contribution < -0.4 is 10.4 Å². The minimum Gasteiger partial charge on any atom is -0.405 e. The number of hydrogen-bond acceptors (Lipinski definition) is 10. The normalized spacial score (nSPS) is 22.3. The largest absolute Gasteiger partial charge is 0.405 e. The molecular weight excluding hydrogens is 1030 g/mol. The van der Waals surface area contributed by atoms with E-state index in [0.717, 1.165) is 43.8 Å². The maximum atomic E-state index is 7.78. The molecule has 9 atom stereocenters. The van der Waals surface area contributed by atoms with Crippen molar-refractivity contribution in [2.45, 2.75) is 121 Å². The molecule has 11 heteroatoms. The fourth-order valence-electron chi connectivity index (χ4n) is 11.0. The van der Waals surface area contributed by atoms with Crippen LogP contribution in [0, 0.1) is 0 Å². The molecule has 0 aromatic heterocycles. The Balaban J connectivity index is 1.06. The molecule has 10 nitrogen and oxygen atoms in total. The van der Waals surface area contributed by atoms with Gasteiger partial charge in [0.05, 0.1) is 59.5 Å². The van der Waals surface area contributed by atoms with Crippen LogP contribution >= 0.6 is 0 Å². The van der Waals surface area contributed by atoms with Gasteiger partial charge in [0.25, 0.3) is 8.32 Å². The highest BCUT2D eigenvalue weighted by molar-refractivity contribution is 6.99. The molecule has 2 saturated heterocycles. The molecule has 0 bridgehead atoms. The van der Waals surface area contributed by atoms with Crippen molar-refractivity contribution in [2.24, 2.45) is 0 Å². The topological polar surface area (TPSA) is 92.3 Å². The molecule has 81 heavy (non-hydrogen) atoms. The molecule has 420 valence electrons. The zero-order valence-corrected chi connectivity index (χ0v) is 47.7. The Bertz CT molecular complexity index is 2970. The van der Waals surface area contributed by atoms with Gasteiger partial charge < -0.3 is 47.1 Å². The average Bonchev–Trinajstić information content (AvgIpc) is 3.68. The first kappa shape index (κ1) is 57.8. The summed E-state index contributed by atoms with van der Waals surface area (Å²) in [5.41, 5.74) is 6.07. The fourth-order valence-corrected chi connectivity index (χ4v) is 15.6. The Morgan fingerprint density at radius 1 is 0.370 bits per heavy atom. The van der Waals surface area contributed by atoms with Gasteiger partial charge in [-0.3, -0.25) is 0 Å². The molecule has 2 fully saturated rings. The molecule has 0 saturated carbocycles. The second kappa shape index (κ2) is 29.0. The summed E-state index contributed by atoms with van der Waals surface area (Å²) >= 11 is 0. The molecule has 0 spiro atoms. The van der Waals surface area contributed by atoms with Gasteiger partial charge in [0.2, 0.25) is 0 Å². The monoisotopic (exact) mass is 1100 g/mol. The van der Waals surface area contributed by atoms with Crippen molar-refractivity contribution < 1.29 is 47.1 Å². The Labute approximate surface area is 479 Å². The Kier molecular flexibility index (Phi) is 20.7. The lowest BCUT2D eigenvalue weighted by molar-refractivity contribution is -0.353. The zero-order valence-electron chi connectivity index (χ0n) is 46.7. The molecule has 0 N–H and O–H groups in total. The SMILES string of the molecule is CC(C)(C)[Si](OC[C@H]1O[C@H](O[C@H]2CO[C@H](COCc3ccccc3)[C@@H](OCc3ccccc3)[C@@H]2OCc2ccccc2)[C@H](OCc2ccccc2)[C@@H](OCc2ccccc2)[C@H]1OCc1ccccc1)(c1ccccc1)c1ccccc1. The number of rotatable bonds is 26. The summed E-state index contributed by atoms with van der Waals surface area (Å²) in [6.07, 6.45) is -6.67. The van der Waals surface area contributed by atoms with Crippen LogP contribution in [-0.2, 0) is 86.7 Å². The lowest BCUT2D eigenvalue weighted by atomic mass is 9.96. The van der Waals surface area contributed by atoms with E-state index in [1.807, 2.05) is 109 Å². The predicted octanol–water partition coefficient (Wildman–Crippen LogP) is 12.2. The third-order valence-corrected chi connectivity index (χ3v) is 20.1. The van der Waals surface area contributed by atoms with Crippen molar-refractivity contribution in [1.82, 2.24) is 0 Å². The maximum Gasteiger partial charge on any atom is 0.261 e. The molecule has 8 aromatic carbocycles. The lowest BCUT2D eigenvalue weighted by Gasteiger charge is -2.50. The van der Waals surface area contributed by atoms with E-state index in [1.54, 1.807) is 0 Å². The smallest absolute Gasteiger partial charge is 0.261 e. The van der Waals surface area contributed by atoms with Crippen LogP contribution in [0.3, 0.4) is 0 Å². The number of hydrogen-bond donors (Lipinski definition) is 0. The molecule has 10 rings (SSSR count). The van der Waals surface area contributed by atoms with Crippen molar-refractivity contribution in [2.75, 3.05) is 19.8 Å². The second-order valence-electron chi connectivity index (χ2n) is 21.9. The Morgan fingerprint density at radius 2 is 0.704 bits per heavy atom. The van der Waals surface area contributed by atoms with Crippen molar-refractivity contribution in [3.63, 3.8) is 0 Å². The van der Waals surface area contributed by atoms with E-state index in [1.165, 1.54) is 0 Å². The van der Waals surface area contributed by atoms with Crippen LogP contribution in [0.1, 0.15) is 54.2 Å². The number of benzene rings is 8. The standard InChI is InChI=1S/C70H76O10Si/c1-70(2,3)81(59-40-24-10-25-41-59,60-42-26-11-27-43-60)78-52-63-66(75-47-56-34-18-7-19-35-56)67(76-48-57-36-20-8-21-37-57)68(77-49-58-38-22-9-23-39-58)69(80-63)79-62-51-72-61(50-71-44-53-28-12-4-13-29-53)64(73-45-54-30-14-5-15-31-54)65(62)74-46-55-32-16-6-17-33-55/h4-43,61-69H,44-52H2,1-3H3/t61-,62+,63-,64-,65-,66+,67+,68-,69+/m1/s1. The molecule has 2 aliphatic heterocycles. The minimum absolute atomic E-state index is 0.141. The summed E-state index contributed by atoms with van der Waals surface area (Å²) in [5.74, 6) is 0. The predicted molar refractivity (Wildman–Crippen MR) is 318 cm³/mol. The second-order valence-corrected chi connectivity index (χ2v) is 26.2. The van der Waals surface area contributed by atoms with Gasteiger partial charge in [-0.05, 0) is 48.8 Å². The van der Waals surface area contributed by atoms with E-state index in [0.29, 0.717) is 19.8 Å². The molecule has 0 radical (unpaired) electrons. The Hall–Kier alpha value is -6.42. The van der Waals surface area contributed by atoms with Gasteiger partial charge in [0.1, 0.15) is 48.8 Å². The van der Waals surface area contributed by atoms with Gasteiger partial charge in [0, 0.05) is 0 Å². The molecule has 0 aliphatic carbocycles. The van der Waals surface area contributed by atoms with Crippen molar-refractivity contribution >= 4 is 18.7 Å². The first-order valence-electron chi connectivity index (χ1n) is 28.4. The lowest BCUT2D eigenvalue weighted by Crippen LogP contribution is -2.69. The highest BCUT2D eigenvalue weighted by Gasteiger charge is 2.55. The van der Waals surface area contributed by atoms with Crippen molar-refractivity contribution in [3.8, 4) is 0 Å². The molecule has 0 unspecified atom stereocenters. The van der Waals surface area contributed by atoms with Gasteiger partial charge in [-0.2, -0.15) is 0 Å². The first-order valence-corrected chi connectivity index (χ1v) is 30.3. The average molecular weight is 1110 g/mol. The number of ether oxygens (including phenoxy) is 9. The van der Waals surface area contributed by atoms with Crippen molar-refractivity contribution in [1.29, 1.82) is 0 Å². The molecule has 2 aliphatic rings. The van der Waals surface area contributed by atoms with E-state index in [2.05, 4.69) is 154 Å². The van der Waals surface area contributed by atoms with E-state index in [-0.39, 0.29) is 44.7 Å². The summed E-state index contributed by atoms with van der Waals surface area (Å²) in [7, 11) is -3.14. The summed E-state index contributed by atoms with van der Waals surface area (Å²) in [5, 5.41) is 1.97. The summed E-state index contributed by atoms with van der Waals surface area (Å²) < 4.78 is 72.0. The highest BCUT2D eigenvalue weighted by Crippen LogP contribution is 2.39. The quantitative estimate of drug-likeness (QED) is 0.0488. The summed E-state index contributed by atoms with van der Waals surface area (Å²) in [4.78, 5) is 0. The summed E-state index contributed by atoms with van der Waals surface area (Å²) in [6.45, 7) is 9.19. The van der Waals surface area contributed by atoms with Crippen LogP contribution in [0.25, 0.3) is 0 Å². The Morgan fingerprint density at radius 3 is 1.10 bits per heavy atom. The zero-order chi connectivity index (χ0) is 55.5. The van der Waals surface area contributed by atoms with Gasteiger partial charge in [-0.25, -0.2) is 0 Å². The minimum atomic E-state index is -3.14. The van der Waals surface area contributed by atoms with Crippen LogP contribution in [0.4, 0.5) is 0 Å². The maximum absolute atomic E-state index is 7.78. The van der Waals surface area contributed by atoms with Crippen LogP contribution in [0.5, 0.6) is 0 Å². The van der Waals surface area contributed by atoms with Crippen LogP contribution in [-0.4, -0.2) is 83.3 Å². The van der Waals surface area contributed by atoms with E-state index in [4.69, 9.17) is 47.1 Å². The molecule has 8 aromatic rings. The molecular formula is C70H76O10Si. The van der Waals surface area contributed by atoms with E-state index in [9.17, 15) is 0 Å². The molecule has 0 amide bonds. The van der Waals surface area contributed by atoms with Gasteiger partial charge >= 0.3 is 0 Å². The van der Waals surface area contributed by atoms with E-state index < -0.39 is 63.4 Å². The third-order valence-electron chi connectivity index (χ3n) is 15.1. The molecule has 2 heterocycles. The van der Waals surface area contributed by atoms with Gasteiger partial charge in [-0.1, -0.05) is 263 Å². The fraction of sp³-hybridized carbons (Fsp3) is 0.314. The third kappa shape index (κ3) is 15.4. The first-order chi connectivity index (χ1) is 39.8. The van der Waals surface area contributed by atoms with E-state index >= 15 is 0 Å². The summed E-state index contributed by atoms with van der Waals surface area (Å²) in [6, 6.07) is 82.4. The van der Waals surface area contributed by atoms with Crippen molar-refractivity contribution in [3.05, 3.63) is 276 Å².